The summed E-state index contributed by atoms with van der Waals surface area (Å²) in [5.74, 6) is 0.177. The Morgan fingerprint density at radius 1 is 1.44 bits per heavy atom. The van der Waals surface area contributed by atoms with Crippen molar-refractivity contribution in [3.8, 4) is 5.88 Å². The second-order valence-electron chi connectivity index (χ2n) is 3.01. The molecule has 1 rings (SSSR count). The van der Waals surface area contributed by atoms with Crippen LogP contribution in [0, 0.1) is 3.57 Å². The lowest BCUT2D eigenvalue weighted by atomic mass is 10.4. The smallest absolute Gasteiger partial charge is 0.268 e. The number of aromatic nitrogens is 2. The lowest BCUT2D eigenvalue weighted by Gasteiger charge is -2.04. The van der Waals surface area contributed by atoms with Crippen molar-refractivity contribution in [3.05, 3.63) is 19.7 Å². The molecule has 2 N–H and O–H groups in total. The van der Waals surface area contributed by atoms with Gasteiger partial charge in [-0.1, -0.05) is 0 Å². The van der Waals surface area contributed by atoms with Gasteiger partial charge in [0.05, 0.1) is 19.8 Å². The first-order valence-corrected chi connectivity index (χ1v) is 5.77. The van der Waals surface area contributed by atoms with E-state index in [0.717, 1.165) is 0 Å². The van der Waals surface area contributed by atoms with Crippen LogP contribution < -0.4 is 5.56 Å². The SMILES string of the molecule is COCCOCCc1nc(O)c(I)c(=O)[nH]1. The van der Waals surface area contributed by atoms with Gasteiger partial charge >= 0.3 is 0 Å². The number of nitrogens with zero attached hydrogens (tertiary/aromatic N) is 1. The van der Waals surface area contributed by atoms with Crippen LogP contribution in [0.25, 0.3) is 0 Å². The lowest BCUT2D eigenvalue weighted by molar-refractivity contribution is 0.0715. The standard InChI is InChI=1S/C9H13IN2O4/c1-15-4-5-16-3-2-6-11-8(13)7(10)9(14)12-6/h2-5H2,1H3,(H2,11,12,13,14). The number of aromatic hydroxyl groups is 1. The van der Waals surface area contributed by atoms with Crippen LogP contribution >= 0.6 is 22.6 Å². The quantitative estimate of drug-likeness (QED) is 0.574. The van der Waals surface area contributed by atoms with Gasteiger partial charge in [-0.2, -0.15) is 4.98 Å². The lowest BCUT2D eigenvalue weighted by Crippen LogP contribution is -2.16. The zero-order valence-corrected chi connectivity index (χ0v) is 11.0. The van der Waals surface area contributed by atoms with Crippen LogP contribution in [0.4, 0.5) is 0 Å². The molecule has 0 saturated carbocycles. The molecule has 0 aliphatic heterocycles. The average Bonchev–Trinajstić information content (AvgIpc) is 2.25. The summed E-state index contributed by atoms with van der Waals surface area (Å²) in [5, 5.41) is 9.32. The van der Waals surface area contributed by atoms with E-state index in [1.807, 2.05) is 0 Å². The highest BCUT2D eigenvalue weighted by Crippen LogP contribution is 2.10. The molecule has 1 aromatic heterocycles. The second-order valence-corrected chi connectivity index (χ2v) is 4.08. The molecule has 0 aliphatic rings. The van der Waals surface area contributed by atoms with Crippen molar-refractivity contribution >= 4 is 22.6 Å². The molecule has 0 unspecified atom stereocenters. The number of methoxy groups -OCH3 is 1. The first-order chi connectivity index (χ1) is 7.65. The molecule has 1 heterocycles. The average molecular weight is 340 g/mol. The number of nitrogens with one attached hydrogen (secondary N) is 1. The maximum absolute atomic E-state index is 11.3. The molecule has 16 heavy (non-hydrogen) atoms. The summed E-state index contributed by atoms with van der Waals surface area (Å²) >= 11 is 1.74. The van der Waals surface area contributed by atoms with Gasteiger partial charge in [-0.05, 0) is 22.6 Å². The van der Waals surface area contributed by atoms with Gasteiger partial charge in [-0.15, -0.1) is 0 Å². The highest BCUT2D eigenvalue weighted by molar-refractivity contribution is 14.1. The summed E-state index contributed by atoms with van der Waals surface area (Å²) < 4.78 is 10.2. The maximum atomic E-state index is 11.3. The molecule has 0 bridgehead atoms. The highest BCUT2D eigenvalue weighted by atomic mass is 127. The number of rotatable bonds is 6. The molecule has 6 nitrogen and oxygen atoms in total. The number of hydrogen-bond acceptors (Lipinski definition) is 5. The monoisotopic (exact) mass is 340 g/mol. The zero-order valence-electron chi connectivity index (χ0n) is 8.83. The van der Waals surface area contributed by atoms with Gasteiger partial charge in [0.25, 0.3) is 5.56 Å². The predicted molar refractivity (Wildman–Crippen MR) is 65.6 cm³/mol. The number of aromatic amines is 1. The fourth-order valence-electron chi connectivity index (χ4n) is 1.02. The van der Waals surface area contributed by atoms with Crippen LogP contribution in [0.1, 0.15) is 5.82 Å². The summed E-state index contributed by atoms with van der Waals surface area (Å²) in [6.45, 7) is 1.45. The topological polar surface area (TPSA) is 84.4 Å². The second kappa shape index (κ2) is 6.81. The fraction of sp³-hybridized carbons (Fsp3) is 0.556. The Bertz CT molecular complexity index is 394. The number of hydrogen-bond donors (Lipinski definition) is 2. The molecular formula is C9H13IN2O4. The molecule has 1 aromatic rings. The van der Waals surface area contributed by atoms with E-state index >= 15 is 0 Å². The minimum atomic E-state index is -0.333. The first-order valence-electron chi connectivity index (χ1n) is 4.69. The van der Waals surface area contributed by atoms with E-state index in [2.05, 4.69) is 9.97 Å². The summed E-state index contributed by atoms with van der Waals surface area (Å²) in [4.78, 5) is 17.7. The minimum Gasteiger partial charge on any atom is -0.492 e. The van der Waals surface area contributed by atoms with Crippen LogP contribution in [0.2, 0.25) is 0 Å². The minimum absolute atomic E-state index is 0.196. The number of H-pyrrole nitrogens is 1. The Morgan fingerprint density at radius 3 is 2.81 bits per heavy atom. The molecule has 0 amide bonds. The molecule has 0 atom stereocenters. The van der Waals surface area contributed by atoms with E-state index in [0.29, 0.717) is 32.1 Å². The molecule has 0 aromatic carbocycles. The summed E-state index contributed by atoms with van der Waals surface area (Å²) in [6, 6.07) is 0. The van der Waals surface area contributed by atoms with E-state index in [-0.39, 0.29) is 15.0 Å². The van der Waals surface area contributed by atoms with Gasteiger partial charge in [0.15, 0.2) is 0 Å². The molecule has 0 radical (unpaired) electrons. The van der Waals surface area contributed by atoms with Crippen molar-refractivity contribution in [1.29, 1.82) is 0 Å². The maximum Gasteiger partial charge on any atom is 0.268 e. The Kier molecular flexibility index (Phi) is 5.71. The predicted octanol–water partition coefficient (Wildman–Crippen LogP) is 0.286. The van der Waals surface area contributed by atoms with E-state index in [4.69, 9.17) is 9.47 Å². The number of halogens is 1. The van der Waals surface area contributed by atoms with Gasteiger partial charge in [0.2, 0.25) is 5.88 Å². The third-order valence-corrected chi connectivity index (χ3v) is 2.78. The molecule has 90 valence electrons. The van der Waals surface area contributed by atoms with Crippen LogP contribution in [-0.4, -0.2) is 42.0 Å². The van der Waals surface area contributed by atoms with Crippen LogP contribution in [0.3, 0.4) is 0 Å². The Balaban J connectivity index is 2.46. The van der Waals surface area contributed by atoms with Crippen molar-refractivity contribution in [2.75, 3.05) is 26.9 Å². The largest absolute Gasteiger partial charge is 0.492 e. The van der Waals surface area contributed by atoms with Crippen molar-refractivity contribution < 1.29 is 14.6 Å². The molecule has 0 saturated heterocycles. The molecule has 0 fully saturated rings. The van der Waals surface area contributed by atoms with Crippen molar-refractivity contribution in [2.24, 2.45) is 0 Å². The van der Waals surface area contributed by atoms with Gasteiger partial charge < -0.3 is 19.6 Å². The Labute approximate surface area is 106 Å². The van der Waals surface area contributed by atoms with Gasteiger partial charge in [0, 0.05) is 13.5 Å². The molecule has 0 aliphatic carbocycles. The molecular weight excluding hydrogens is 327 g/mol. The van der Waals surface area contributed by atoms with Crippen LogP contribution in [0.15, 0.2) is 4.79 Å². The third-order valence-electron chi connectivity index (χ3n) is 1.81. The summed E-state index contributed by atoms with van der Waals surface area (Å²) in [6.07, 6.45) is 0.448. The van der Waals surface area contributed by atoms with Gasteiger partial charge in [0.1, 0.15) is 9.39 Å². The highest BCUT2D eigenvalue weighted by Gasteiger charge is 2.06. The Morgan fingerprint density at radius 2 is 2.19 bits per heavy atom. The van der Waals surface area contributed by atoms with Crippen LogP contribution in [-0.2, 0) is 15.9 Å². The van der Waals surface area contributed by atoms with Gasteiger partial charge in [-0.3, -0.25) is 4.79 Å². The summed E-state index contributed by atoms with van der Waals surface area (Å²) in [7, 11) is 1.60. The van der Waals surface area contributed by atoms with Crippen molar-refractivity contribution in [2.45, 2.75) is 6.42 Å². The van der Waals surface area contributed by atoms with E-state index in [1.54, 1.807) is 29.7 Å². The fourth-order valence-corrected chi connectivity index (χ4v) is 1.28. The van der Waals surface area contributed by atoms with Crippen LogP contribution in [0.5, 0.6) is 5.88 Å². The molecule has 7 heteroatoms. The van der Waals surface area contributed by atoms with E-state index < -0.39 is 0 Å². The molecule has 0 spiro atoms. The third kappa shape index (κ3) is 4.06. The van der Waals surface area contributed by atoms with Crippen molar-refractivity contribution in [3.63, 3.8) is 0 Å². The normalized spacial score (nSPS) is 10.6. The van der Waals surface area contributed by atoms with E-state index in [9.17, 15) is 9.90 Å². The van der Waals surface area contributed by atoms with Crippen molar-refractivity contribution in [1.82, 2.24) is 9.97 Å². The first kappa shape index (κ1) is 13.4. The van der Waals surface area contributed by atoms with Gasteiger partial charge in [-0.25, -0.2) is 0 Å². The van der Waals surface area contributed by atoms with E-state index in [1.165, 1.54) is 0 Å². The Hall–Kier alpha value is -0.670. The zero-order chi connectivity index (χ0) is 12.0. The summed E-state index contributed by atoms with van der Waals surface area (Å²) in [5.41, 5.74) is -0.333. The number of ether oxygens (including phenoxy) is 2.